The van der Waals surface area contributed by atoms with Gasteiger partial charge in [-0.15, -0.1) is 0 Å². The predicted molar refractivity (Wildman–Crippen MR) is 113 cm³/mol. The Balaban J connectivity index is 2.03. The van der Waals surface area contributed by atoms with E-state index in [1.165, 1.54) is 0 Å². The van der Waals surface area contributed by atoms with Crippen LogP contribution < -0.4 is 0 Å². The first kappa shape index (κ1) is 20.8. The molecule has 6 nitrogen and oxygen atoms in total. The highest BCUT2D eigenvalue weighted by Crippen LogP contribution is 2.25. The molecule has 0 atom stereocenters. The fourth-order valence-corrected chi connectivity index (χ4v) is 3.06. The number of aromatic nitrogens is 2. The van der Waals surface area contributed by atoms with Crippen molar-refractivity contribution in [3.05, 3.63) is 71.9 Å². The normalized spacial score (nSPS) is 10.9. The van der Waals surface area contributed by atoms with E-state index in [0.29, 0.717) is 37.6 Å². The lowest BCUT2D eigenvalue weighted by molar-refractivity contribution is 0.0628. The number of nitrogens with zero attached hydrogens (tertiary/aromatic N) is 3. The van der Waals surface area contributed by atoms with Gasteiger partial charge in [-0.05, 0) is 19.1 Å². The molecule has 0 radical (unpaired) electrons. The van der Waals surface area contributed by atoms with Gasteiger partial charge in [-0.3, -0.25) is 4.79 Å². The molecule has 0 unspecified atom stereocenters. The molecule has 0 saturated heterocycles. The minimum atomic E-state index is -0.0862. The van der Waals surface area contributed by atoms with Gasteiger partial charge in [0.2, 0.25) is 0 Å². The number of carbonyl (C=O) groups is 1. The van der Waals surface area contributed by atoms with E-state index < -0.39 is 0 Å². The smallest absolute Gasteiger partial charge is 0.257 e. The maximum atomic E-state index is 13.4. The molecule has 0 N–H and O–H groups in total. The maximum absolute atomic E-state index is 13.4. The Hall–Kier alpha value is -2.96. The molecule has 1 heterocycles. The molecular weight excluding hydrogens is 366 g/mol. The van der Waals surface area contributed by atoms with Crippen molar-refractivity contribution in [2.24, 2.45) is 0 Å². The molecule has 6 heteroatoms. The van der Waals surface area contributed by atoms with Crippen molar-refractivity contribution >= 4 is 5.91 Å². The second-order valence-electron chi connectivity index (χ2n) is 6.82. The molecule has 1 amide bonds. The van der Waals surface area contributed by atoms with Crippen molar-refractivity contribution < 1.29 is 14.3 Å². The van der Waals surface area contributed by atoms with Crippen LogP contribution in [0.3, 0.4) is 0 Å². The van der Waals surface area contributed by atoms with Crippen LogP contribution in [0.1, 0.15) is 15.9 Å². The molecule has 1 aromatic heterocycles. The van der Waals surface area contributed by atoms with Crippen LogP contribution >= 0.6 is 0 Å². The van der Waals surface area contributed by atoms with Gasteiger partial charge in [0.25, 0.3) is 5.91 Å². The SMILES string of the molecule is COCCN(CCOC)C(=O)c1cn(-c2ccccc2)nc1-c1ccc(C)cc1. The van der Waals surface area contributed by atoms with Crippen LogP contribution in [-0.4, -0.2) is 61.1 Å². The summed E-state index contributed by atoms with van der Waals surface area (Å²) < 4.78 is 12.1. The first-order valence-corrected chi connectivity index (χ1v) is 9.63. The minimum absolute atomic E-state index is 0.0862. The Morgan fingerprint density at radius 2 is 1.59 bits per heavy atom. The van der Waals surface area contributed by atoms with Crippen LogP contribution in [0.15, 0.2) is 60.8 Å². The number of para-hydroxylation sites is 1. The fraction of sp³-hybridized carbons (Fsp3) is 0.304. The number of hydrogen-bond donors (Lipinski definition) is 0. The summed E-state index contributed by atoms with van der Waals surface area (Å²) >= 11 is 0. The van der Waals surface area contributed by atoms with Crippen molar-refractivity contribution in [1.82, 2.24) is 14.7 Å². The lowest BCUT2D eigenvalue weighted by Gasteiger charge is -2.22. The Bertz CT molecular complexity index is 912. The van der Waals surface area contributed by atoms with Crippen molar-refractivity contribution in [2.45, 2.75) is 6.92 Å². The zero-order chi connectivity index (χ0) is 20.6. The molecule has 0 spiro atoms. The summed E-state index contributed by atoms with van der Waals surface area (Å²) in [7, 11) is 3.26. The molecular formula is C23H27N3O3. The highest BCUT2D eigenvalue weighted by atomic mass is 16.5. The molecule has 0 fully saturated rings. The van der Waals surface area contributed by atoms with Crippen LogP contribution in [-0.2, 0) is 9.47 Å². The van der Waals surface area contributed by atoms with Gasteiger partial charge in [-0.1, -0.05) is 48.0 Å². The number of carbonyl (C=O) groups excluding carboxylic acids is 1. The topological polar surface area (TPSA) is 56.6 Å². The lowest BCUT2D eigenvalue weighted by atomic mass is 10.1. The molecule has 152 valence electrons. The van der Waals surface area contributed by atoms with E-state index in [9.17, 15) is 4.79 Å². The average Bonchev–Trinajstić information content (AvgIpc) is 3.20. The van der Waals surface area contributed by atoms with Gasteiger partial charge >= 0.3 is 0 Å². The van der Waals surface area contributed by atoms with Gasteiger partial charge < -0.3 is 14.4 Å². The van der Waals surface area contributed by atoms with E-state index in [-0.39, 0.29) is 5.91 Å². The molecule has 0 bridgehead atoms. The third-order valence-electron chi connectivity index (χ3n) is 4.71. The standard InChI is InChI=1S/C23H27N3O3/c1-18-9-11-19(12-10-18)22-21(17-26(24-22)20-7-5-4-6-8-20)23(27)25(13-15-28-2)14-16-29-3/h4-12,17H,13-16H2,1-3H3. The van der Waals surface area contributed by atoms with Crippen molar-refractivity contribution in [1.29, 1.82) is 0 Å². The number of amides is 1. The number of ether oxygens (including phenoxy) is 2. The largest absolute Gasteiger partial charge is 0.383 e. The van der Waals surface area contributed by atoms with E-state index in [1.807, 2.05) is 61.5 Å². The molecule has 3 rings (SSSR count). The van der Waals surface area contributed by atoms with E-state index >= 15 is 0 Å². The fourth-order valence-electron chi connectivity index (χ4n) is 3.06. The lowest BCUT2D eigenvalue weighted by Crippen LogP contribution is -2.36. The van der Waals surface area contributed by atoms with Crippen molar-refractivity contribution in [3.63, 3.8) is 0 Å². The molecule has 3 aromatic rings. The highest BCUT2D eigenvalue weighted by Gasteiger charge is 2.23. The van der Waals surface area contributed by atoms with E-state index in [4.69, 9.17) is 14.6 Å². The van der Waals surface area contributed by atoms with Crippen LogP contribution in [0, 0.1) is 6.92 Å². The minimum Gasteiger partial charge on any atom is -0.383 e. The summed E-state index contributed by atoms with van der Waals surface area (Å²) in [6.45, 7) is 3.94. The molecule has 0 aliphatic rings. The third-order valence-corrected chi connectivity index (χ3v) is 4.71. The molecule has 0 saturated carbocycles. The van der Waals surface area contributed by atoms with Gasteiger partial charge in [0.15, 0.2) is 0 Å². The zero-order valence-electron chi connectivity index (χ0n) is 17.2. The third kappa shape index (κ3) is 5.10. The summed E-state index contributed by atoms with van der Waals surface area (Å²) in [5.41, 5.74) is 4.20. The Kier molecular flexibility index (Phi) is 7.16. The Labute approximate surface area is 171 Å². The first-order valence-electron chi connectivity index (χ1n) is 9.63. The van der Waals surface area contributed by atoms with Crippen LogP contribution in [0.2, 0.25) is 0 Å². The number of hydrogen-bond acceptors (Lipinski definition) is 4. The second kappa shape index (κ2) is 10.0. The van der Waals surface area contributed by atoms with Crippen LogP contribution in [0.25, 0.3) is 16.9 Å². The van der Waals surface area contributed by atoms with Gasteiger partial charge in [0, 0.05) is 39.1 Å². The maximum Gasteiger partial charge on any atom is 0.257 e. The predicted octanol–water partition coefficient (Wildman–Crippen LogP) is 3.58. The highest BCUT2D eigenvalue weighted by molar-refractivity contribution is 6.00. The van der Waals surface area contributed by atoms with E-state index in [0.717, 1.165) is 16.8 Å². The van der Waals surface area contributed by atoms with E-state index in [2.05, 4.69) is 0 Å². The van der Waals surface area contributed by atoms with Crippen molar-refractivity contribution in [3.8, 4) is 16.9 Å². The quantitative estimate of drug-likeness (QED) is 0.558. The zero-order valence-corrected chi connectivity index (χ0v) is 17.2. The Morgan fingerprint density at radius 3 is 2.17 bits per heavy atom. The first-order chi connectivity index (χ1) is 14.1. The average molecular weight is 393 g/mol. The number of rotatable bonds is 9. The van der Waals surface area contributed by atoms with Gasteiger partial charge in [-0.2, -0.15) is 5.10 Å². The number of methoxy groups -OCH3 is 2. The summed E-state index contributed by atoms with van der Waals surface area (Å²) in [5, 5.41) is 4.75. The molecule has 0 aliphatic heterocycles. The summed E-state index contributed by atoms with van der Waals surface area (Å²) in [6, 6.07) is 17.8. The van der Waals surface area contributed by atoms with Gasteiger partial charge in [0.05, 0.1) is 24.5 Å². The van der Waals surface area contributed by atoms with Gasteiger partial charge in [-0.25, -0.2) is 4.68 Å². The summed E-state index contributed by atoms with van der Waals surface area (Å²) in [4.78, 5) is 15.2. The second-order valence-corrected chi connectivity index (χ2v) is 6.82. The molecule has 2 aromatic carbocycles. The summed E-state index contributed by atoms with van der Waals surface area (Å²) in [6.07, 6.45) is 1.81. The number of aryl methyl sites for hydroxylation is 1. The summed E-state index contributed by atoms with van der Waals surface area (Å²) in [5.74, 6) is -0.0862. The number of benzene rings is 2. The molecule has 29 heavy (non-hydrogen) atoms. The van der Waals surface area contributed by atoms with Gasteiger partial charge in [0.1, 0.15) is 5.69 Å². The van der Waals surface area contributed by atoms with E-state index in [1.54, 1.807) is 30.0 Å². The van der Waals surface area contributed by atoms with Crippen molar-refractivity contribution in [2.75, 3.05) is 40.5 Å². The molecule has 0 aliphatic carbocycles. The Morgan fingerprint density at radius 1 is 0.966 bits per heavy atom. The monoisotopic (exact) mass is 393 g/mol. The van der Waals surface area contributed by atoms with Crippen LogP contribution in [0.5, 0.6) is 0 Å². The van der Waals surface area contributed by atoms with Crippen LogP contribution in [0.4, 0.5) is 0 Å².